The molecule has 1 aliphatic rings. The zero-order valence-electron chi connectivity index (χ0n) is 15.2. The van der Waals surface area contributed by atoms with Crippen LogP contribution in [0.3, 0.4) is 0 Å². The van der Waals surface area contributed by atoms with Gasteiger partial charge in [-0.05, 0) is 32.4 Å². The van der Waals surface area contributed by atoms with Gasteiger partial charge < -0.3 is 20.1 Å². The van der Waals surface area contributed by atoms with E-state index in [0.29, 0.717) is 25.3 Å². The molecule has 0 saturated carbocycles. The van der Waals surface area contributed by atoms with Crippen molar-refractivity contribution in [2.75, 3.05) is 39.4 Å². The van der Waals surface area contributed by atoms with Crippen LogP contribution in [-0.4, -0.2) is 65.9 Å². The van der Waals surface area contributed by atoms with Crippen molar-refractivity contribution in [3.05, 3.63) is 35.0 Å². The predicted octanol–water partition coefficient (Wildman–Crippen LogP) is 1.60. The molecule has 0 aliphatic carbocycles. The highest BCUT2D eigenvalue weighted by Gasteiger charge is 2.26. The van der Waals surface area contributed by atoms with Gasteiger partial charge in [-0.1, -0.05) is 12.1 Å². The number of para-hydroxylation sites is 1. The summed E-state index contributed by atoms with van der Waals surface area (Å²) in [6.07, 6.45) is 0. The Kier molecular flexibility index (Phi) is 5.13. The van der Waals surface area contributed by atoms with Crippen LogP contribution in [0.5, 0.6) is 0 Å². The number of aromatic nitrogens is 1. The Labute approximate surface area is 148 Å². The van der Waals surface area contributed by atoms with Crippen LogP contribution in [0.25, 0.3) is 10.9 Å². The minimum Gasteiger partial charge on any atom is -0.387 e. The number of H-pyrrole nitrogens is 1. The summed E-state index contributed by atoms with van der Waals surface area (Å²) in [6, 6.07) is 5.71. The van der Waals surface area contributed by atoms with Crippen LogP contribution >= 0.6 is 0 Å². The number of morpholine rings is 1. The molecule has 25 heavy (non-hydrogen) atoms. The summed E-state index contributed by atoms with van der Waals surface area (Å²) in [4.78, 5) is 18.1. The standard InChI is InChI=1S/C19H27N3O3/c1-13-14(2)21-17-15(13)5-4-6-16(17)18(23)20-11-19(3,24)12-22-7-9-25-10-8-22/h4-6,21,24H,7-12H2,1-3H3,(H,20,23). The first-order valence-electron chi connectivity index (χ1n) is 8.76. The Morgan fingerprint density at radius 2 is 2.08 bits per heavy atom. The first-order chi connectivity index (χ1) is 11.9. The lowest BCUT2D eigenvalue weighted by Crippen LogP contribution is -2.51. The second kappa shape index (κ2) is 7.15. The van der Waals surface area contributed by atoms with Crippen LogP contribution in [-0.2, 0) is 4.74 Å². The smallest absolute Gasteiger partial charge is 0.253 e. The number of β-amino-alcohol motifs (C(OH)–C–C–N with tert-alkyl or cyclic N) is 1. The third kappa shape index (κ3) is 4.03. The van der Waals surface area contributed by atoms with E-state index in [4.69, 9.17) is 4.74 Å². The highest BCUT2D eigenvalue weighted by molar-refractivity contribution is 6.06. The molecule has 1 fully saturated rings. The van der Waals surface area contributed by atoms with Gasteiger partial charge in [0, 0.05) is 37.3 Å². The van der Waals surface area contributed by atoms with E-state index >= 15 is 0 Å². The number of aliphatic hydroxyl groups is 1. The lowest BCUT2D eigenvalue weighted by molar-refractivity contribution is -0.0213. The number of amides is 1. The van der Waals surface area contributed by atoms with E-state index < -0.39 is 5.60 Å². The number of carbonyl (C=O) groups excluding carboxylic acids is 1. The Morgan fingerprint density at radius 3 is 2.80 bits per heavy atom. The lowest BCUT2D eigenvalue weighted by atomic mass is 10.0. The summed E-state index contributed by atoms with van der Waals surface area (Å²) in [6.45, 7) is 9.53. The van der Waals surface area contributed by atoms with Gasteiger partial charge in [-0.2, -0.15) is 0 Å². The third-order valence-corrected chi connectivity index (χ3v) is 4.89. The van der Waals surface area contributed by atoms with Crippen molar-refractivity contribution < 1.29 is 14.6 Å². The van der Waals surface area contributed by atoms with Crippen molar-refractivity contribution in [1.82, 2.24) is 15.2 Å². The summed E-state index contributed by atoms with van der Waals surface area (Å²) in [5.41, 5.74) is 2.69. The predicted molar refractivity (Wildman–Crippen MR) is 98.0 cm³/mol. The number of hydrogen-bond acceptors (Lipinski definition) is 4. The van der Waals surface area contributed by atoms with Crippen molar-refractivity contribution in [3.8, 4) is 0 Å². The average molecular weight is 345 g/mol. The molecular weight excluding hydrogens is 318 g/mol. The minimum atomic E-state index is -0.984. The van der Waals surface area contributed by atoms with Crippen molar-refractivity contribution in [3.63, 3.8) is 0 Å². The maximum absolute atomic E-state index is 12.6. The van der Waals surface area contributed by atoms with Gasteiger partial charge in [0.05, 0.1) is 29.9 Å². The van der Waals surface area contributed by atoms with E-state index in [9.17, 15) is 9.90 Å². The molecule has 136 valence electrons. The maximum Gasteiger partial charge on any atom is 0.253 e. The van der Waals surface area contributed by atoms with Gasteiger partial charge >= 0.3 is 0 Å². The van der Waals surface area contributed by atoms with E-state index in [1.54, 1.807) is 6.92 Å². The fraction of sp³-hybridized carbons (Fsp3) is 0.526. The topological polar surface area (TPSA) is 77.6 Å². The minimum absolute atomic E-state index is 0.172. The molecule has 1 aliphatic heterocycles. The number of aryl methyl sites for hydroxylation is 2. The third-order valence-electron chi connectivity index (χ3n) is 4.89. The van der Waals surface area contributed by atoms with Crippen molar-refractivity contribution in [2.24, 2.45) is 0 Å². The van der Waals surface area contributed by atoms with Gasteiger partial charge in [-0.3, -0.25) is 9.69 Å². The van der Waals surface area contributed by atoms with Crippen molar-refractivity contribution in [1.29, 1.82) is 0 Å². The second-order valence-corrected chi connectivity index (χ2v) is 7.17. The van der Waals surface area contributed by atoms with Crippen molar-refractivity contribution in [2.45, 2.75) is 26.4 Å². The molecule has 3 N–H and O–H groups in total. The number of hydrogen-bond donors (Lipinski definition) is 3. The average Bonchev–Trinajstić information content (AvgIpc) is 2.88. The van der Waals surface area contributed by atoms with Crippen LogP contribution < -0.4 is 5.32 Å². The molecule has 1 saturated heterocycles. The Hall–Kier alpha value is -1.89. The van der Waals surface area contributed by atoms with Gasteiger partial charge in [-0.15, -0.1) is 0 Å². The van der Waals surface area contributed by atoms with Crippen LogP contribution in [0.4, 0.5) is 0 Å². The van der Waals surface area contributed by atoms with Gasteiger partial charge in [0.25, 0.3) is 5.91 Å². The molecule has 1 unspecified atom stereocenters. The monoisotopic (exact) mass is 345 g/mol. The maximum atomic E-state index is 12.6. The van der Waals surface area contributed by atoms with E-state index in [1.807, 2.05) is 32.0 Å². The molecule has 3 rings (SSSR count). The first kappa shape index (κ1) is 17.9. The Bertz CT molecular complexity index is 761. The fourth-order valence-electron chi connectivity index (χ4n) is 3.33. The highest BCUT2D eigenvalue weighted by atomic mass is 16.5. The number of benzene rings is 1. The zero-order valence-corrected chi connectivity index (χ0v) is 15.2. The molecule has 0 bridgehead atoms. The Balaban J connectivity index is 1.67. The number of carbonyl (C=O) groups is 1. The summed E-state index contributed by atoms with van der Waals surface area (Å²) in [5.74, 6) is -0.172. The number of ether oxygens (including phenoxy) is 1. The Morgan fingerprint density at radius 1 is 1.36 bits per heavy atom. The summed E-state index contributed by atoms with van der Waals surface area (Å²) in [5, 5.41) is 14.6. The molecule has 1 aromatic heterocycles. The molecule has 1 amide bonds. The second-order valence-electron chi connectivity index (χ2n) is 7.17. The van der Waals surface area contributed by atoms with E-state index in [1.165, 1.54) is 0 Å². The zero-order chi connectivity index (χ0) is 18.0. The van der Waals surface area contributed by atoms with Crippen molar-refractivity contribution >= 4 is 16.8 Å². The first-order valence-corrected chi connectivity index (χ1v) is 8.76. The summed E-state index contributed by atoms with van der Waals surface area (Å²) < 4.78 is 5.33. The molecule has 2 heterocycles. The number of nitrogens with zero attached hydrogens (tertiary/aromatic N) is 1. The van der Waals surface area contributed by atoms with Crippen LogP contribution in [0.15, 0.2) is 18.2 Å². The largest absolute Gasteiger partial charge is 0.387 e. The molecular formula is C19H27N3O3. The highest BCUT2D eigenvalue weighted by Crippen LogP contribution is 2.24. The molecule has 6 nitrogen and oxygen atoms in total. The number of nitrogens with one attached hydrogen (secondary N) is 2. The molecule has 2 aromatic rings. The SMILES string of the molecule is Cc1[nH]c2c(C(=O)NCC(C)(O)CN3CCOCC3)cccc2c1C. The number of aromatic amines is 1. The van der Waals surface area contributed by atoms with Gasteiger partial charge in [0.15, 0.2) is 0 Å². The normalized spacial score (nSPS) is 18.2. The number of rotatable bonds is 5. The summed E-state index contributed by atoms with van der Waals surface area (Å²) >= 11 is 0. The van der Waals surface area contributed by atoms with Crippen LogP contribution in [0, 0.1) is 13.8 Å². The van der Waals surface area contributed by atoms with E-state index in [2.05, 4.69) is 15.2 Å². The quantitative estimate of drug-likeness (QED) is 0.769. The lowest BCUT2D eigenvalue weighted by Gasteiger charge is -2.33. The molecule has 1 aromatic carbocycles. The van der Waals surface area contributed by atoms with Crippen LogP contribution in [0.1, 0.15) is 28.5 Å². The number of fused-ring (bicyclic) bond motifs is 1. The molecule has 1 atom stereocenters. The van der Waals surface area contributed by atoms with Gasteiger partial charge in [0.1, 0.15) is 0 Å². The van der Waals surface area contributed by atoms with E-state index in [-0.39, 0.29) is 12.5 Å². The fourth-order valence-corrected chi connectivity index (χ4v) is 3.33. The molecule has 6 heteroatoms. The molecule has 0 spiro atoms. The molecule has 0 radical (unpaired) electrons. The van der Waals surface area contributed by atoms with Gasteiger partial charge in [-0.25, -0.2) is 0 Å². The van der Waals surface area contributed by atoms with E-state index in [0.717, 1.165) is 35.2 Å². The summed E-state index contributed by atoms with van der Waals surface area (Å²) in [7, 11) is 0. The van der Waals surface area contributed by atoms with Crippen LogP contribution in [0.2, 0.25) is 0 Å². The van der Waals surface area contributed by atoms with Gasteiger partial charge in [0.2, 0.25) is 0 Å².